The average Bonchev–Trinajstić information content (AvgIpc) is 3.07. The van der Waals surface area contributed by atoms with Crippen molar-refractivity contribution >= 4 is 5.91 Å². The van der Waals surface area contributed by atoms with Gasteiger partial charge in [-0.25, -0.2) is 9.67 Å². The molecule has 0 saturated heterocycles. The van der Waals surface area contributed by atoms with Gasteiger partial charge in [-0.3, -0.25) is 4.79 Å². The fraction of sp³-hybridized carbons (Fsp3) is 0.211. The number of rotatable bonds is 5. The van der Waals surface area contributed by atoms with Crippen LogP contribution in [0.2, 0.25) is 0 Å². The molecule has 164 valence electrons. The molecule has 0 bridgehead atoms. The summed E-state index contributed by atoms with van der Waals surface area (Å²) >= 11 is 0. The highest BCUT2D eigenvalue weighted by Crippen LogP contribution is 2.29. The molecule has 0 atom stereocenters. The first kappa shape index (κ1) is 22.1. The van der Waals surface area contributed by atoms with Crippen LogP contribution in [-0.2, 0) is 12.7 Å². The summed E-state index contributed by atoms with van der Waals surface area (Å²) in [5.74, 6) is -1.03. The molecule has 1 amide bonds. The van der Waals surface area contributed by atoms with Crippen LogP contribution in [0.1, 0.15) is 27.2 Å². The minimum atomic E-state index is -4.88. The van der Waals surface area contributed by atoms with Gasteiger partial charge in [0.1, 0.15) is 5.75 Å². The van der Waals surface area contributed by atoms with E-state index in [2.05, 4.69) is 20.1 Å². The van der Waals surface area contributed by atoms with Crippen LogP contribution < -0.4 is 10.1 Å². The third-order valence-corrected chi connectivity index (χ3v) is 4.18. The first-order chi connectivity index (χ1) is 14.5. The van der Waals surface area contributed by atoms with Crippen LogP contribution in [0.4, 0.5) is 26.3 Å². The Kier molecular flexibility index (Phi) is 5.91. The first-order valence-corrected chi connectivity index (χ1v) is 8.66. The number of halogens is 6. The number of aromatic nitrogens is 3. The average molecular weight is 444 g/mol. The second-order valence-corrected chi connectivity index (χ2v) is 6.30. The van der Waals surface area contributed by atoms with Crippen molar-refractivity contribution in [2.45, 2.75) is 26.0 Å². The molecule has 0 aliphatic carbocycles. The van der Waals surface area contributed by atoms with Gasteiger partial charge in [-0.15, -0.1) is 13.2 Å². The van der Waals surface area contributed by atoms with Crippen molar-refractivity contribution in [3.63, 3.8) is 0 Å². The molecule has 6 nitrogen and oxygen atoms in total. The number of carbonyl (C=O) groups excluding carboxylic acids is 1. The summed E-state index contributed by atoms with van der Waals surface area (Å²) < 4.78 is 80.6. The summed E-state index contributed by atoms with van der Waals surface area (Å²) in [5, 5.41) is 6.43. The molecule has 2 aromatic heterocycles. The van der Waals surface area contributed by atoms with Gasteiger partial charge >= 0.3 is 12.5 Å². The smallest absolute Gasteiger partial charge is 0.405 e. The molecule has 0 saturated carbocycles. The Morgan fingerprint density at radius 1 is 1.06 bits per heavy atom. The molecule has 31 heavy (non-hydrogen) atoms. The topological polar surface area (TPSA) is 69.0 Å². The first-order valence-electron chi connectivity index (χ1n) is 8.66. The fourth-order valence-corrected chi connectivity index (χ4v) is 2.69. The highest BCUT2D eigenvalue weighted by molar-refractivity contribution is 5.95. The van der Waals surface area contributed by atoms with E-state index in [4.69, 9.17) is 0 Å². The summed E-state index contributed by atoms with van der Waals surface area (Å²) in [5.41, 5.74) is -0.470. The molecule has 3 rings (SSSR count). The minimum Gasteiger partial charge on any atom is -0.405 e. The summed E-state index contributed by atoms with van der Waals surface area (Å²) in [7, 11) is 0. The van der Waals surface area contributed by atoms with Crippen molar-refractivity contribution in [3.05, 3.63) is 71.2 Å². The van der Waals surface area contributed by atoms with Gasteiger partial charge in [0, 0.05) is 18.3 Å². The third kappa shape index (κ3) is 5.32. The third-order valence-electron chi connectivity index (χ3n) is 4.18. The van der Waals surface area contributed by atoms with Crippen molar-refractivity contribution in [2.24, 2.45) is 0 Å². The lowest BCUT2D eigenvalue weighted by Crippen LogP contribution is -2.25. The van der Waals surface area contributed by atoms with Crippen LogP contribution in [0.25, 0.3) is 5.82 Å². The Labute approximate surface area is 171 Å². The zero-order valence-corrected chi connectivity index (χ0v) is 15.8. The SMILES string of the molecule is Cc1c(C(=O)NCc2ccccc2OC(F)(F)F)cnn1-c1ccc(C(F)(F)F)cn1. The Bertz CT molecular complexity index is 1070. The maximum absolute atomic E-state index is 12.7. The van der Waals surface area contributed by atoms with Gasteiger partial charge in [-0.05, 0) is 25.1 Å². The van der Waals surface area contributed by atoms with E-state index in [0.29, 0.717) is 6.20 Å². The molecule has 2 heterocycles. The van der Waals surface area contributed by atoms with Gasteiger partial charge in [0.05, 0.1) is 23.0 Å². The van der Waals surface area contributed by atoms with Crippen LogP contribution in [0.15, 0.2) is 48.8 Å². The van der Waals surface area contributed by atoms with Crippen LogP contribution in [0.3, 0.4) is 0 Å². The van der Waals surface area contributed by atoms with Gasteiger partial charge in [0.25, 0.3) is 5.91 Å². The molecule has 0 spiro atoms. The van der Waals surface area contributed by atoms with E-state index >= 15 is 0 Å². The Balaban J connectivity index is 1.74. The number of hydrogen-bond acceptors (Lipinski definition) is 4. The number of carbonyl (C=O) groups is 1. The van der Waals surface area contributed by atoms with E-state index in [1.54, 1.807) is 0 Å². The van der Waals surface area contributed by atoms with Gasteiger partial charge < -0.3 is 10.1 Å². The number of amides is 1. The molecular weight excluding hydrogens is 430 g/mol. The van der Waals surface area contributed by atoms with E-state index in [-0.39, 0.29) is 29.2 Å². The van der Waals surface area contributed by atoms with Crippen molar-refractivity contribution in [1.29, 1.82) is 0 Å². The van der Waals surface area contributed by atoms with Crippen molar-refractivity contribution in [3.8, 4) is 11.6 Å². The quantitative estimate of drug-likeness (QED) is 0.592. The van der Waals surface area contributed by atoms with Gasteiger partial charge in [0.2, 0.25) is 0 Å². The van der Waals surface area contributed by atoms with Gasteiger partial charge in [-0.2, -0.15) is 18.3 Å². The van der Waals surface area contributed by atoms with Crippen LogP contribution in [0, 0.1) is 6.92 Å². The largest absolute Gasteiger partial charge is 0.573 e. The van der Waals surface area contributed by atoms with E-state index in [0.717, 1.165) is 18.2 Å². The lowest BCUT2D eigenvalue weighted by atomic mass is 10.2. The molecule has 0 aliphatic rings. The maximum Gasteiger partial charge on any atom is 0.573 e. The summed E-state index contributed by atoms with van der Waals surface area (Å²) in [4.78, 5) is 16.2. The Morgan fingerprint density at radius 2 is 1.77 bits per heavy atom. The predicted molar refractivity (Wildman–Crippen MR) is 95.4 cm³/mol. The van der Waals surface area contributed by atoms with Crippen LogP contribution >= 0.6 is 0 Å². The highest BCUT2D eigenvalue weighted by Gasteiger charge is 2.32. The number of ether oxygens (including phenoxy) is 1. The molecule has 0 radical (unpaired) electrons. The molecule has 1 aromatic carbocycles. The molecule has 0 unspecified atom stereocenters. The standard InChI is InChI=1S/C19H14F6N4O2/c1-11-14(10-28-29(11)16-7-6-13(9-26-16)18(20,21)22)17(30)27-8-12-4-2-3-5-15(12)31-19(23,24)25/h2-7,9-10H,8H2,1H3,(H,27,30). The van der Waals surface area contributed by atoms with Crippen molar-refractivity contribution < 1.29 is 35.9 Å². The summed E-state index contributed by atoms with van der Waals surface area (Å²) in [6.45, 7) is 1.25. The maximum atomic E-state index is 12.7. The predicted octanol–water partition coefficient (Wildman–Crippen LogP) is 4.42. The normalized spacial score (nSPS) is 12.0. The number of pyridine rings is 1. The van der Waals surface area contributed by atoms with Crippen LogP contribution in [0.5, 0.6) is 5.75 Å². The Hall–Kier alpha value is -3.57. The molecule has 3 aromatic rings. The molecule has 1 N–H and O–H groups in total. The van der Waals surface area contributed by atoms with Crippen molar-refractivity contribution in [1.82, 2.24) is 20.1 Å². The molecule has 0 aliphatic heterocycles. The lowest BCUT2D eigenvalue weighted by molar-refractivity contribution is -0.274. The molecular formula is C19H14F6N4O2. The number of alkyl halides is 6. The number of benzene rings is 1. The minimum absolute atomic E-state index is 0.0634. The van der Waals surface area contributed by atoms with E-state index in [1.165, 1.54) is 36.0 Å². The number of nitrogens with zero attached hydrogens (tertiary/aromatic N) is 3. The summed E-state index contributed by atoms with van der Waals surface area (Å²) in [6.07, 6.45) is -7.59. The monoisotopic (exact) mass is 444 g/mol. The zero-order chi connectivity index (χ0) is 22.8. The van der Waals surface area contributed by atoms with Crippen molar-refractivity contribution in [2.75, 3.05) is 0 Å². The molecule has 0 fully saturated rings. The Morgan fingerprint density at radius 3 is 2.39 bits per heavy atom. The second-order valence-electron chi connectivity index (χ2n) is 6.30. The highest BCUT2D eigenvalue weighted by atomic mass is 19.4. The fourth-order valence-electron chi connectivity index (χ4n) is 2.69. The summed E-state index contributed by atoms with van der Waals surface area (Å²) in [6, 6.07) is 7.27. The van der Waals surface area contributed by atoms with E-state index in [1.807, 2.05) is 0 Å². The van der Waals surface area contributed by atoms with Gasteiger partial charge in [-0.1, -0.05) is 18.2 Å². The zero-order valence-electron chi connectivity index (χ0n) is 15.8. The van der Waals surface area contributed by atoms with Gasteiger partial charge in [0.15, 0.2) is 5.82 Å². The van der Waals surface area contributed by atoms with Crippen LogP contribution in [-0.4, -0.2) is 27.0 Å². The van der Waals surface area contributed by atoms with E-state index < -0.39 is 29.8 Å². The molecule has 12 heteroatoms. The number of para-hydroxylation sites is 1. The number of nitrogens with one attached hydrogen (secondary N) is 1. The lowest BCUT2D eigenvalue weighted by Gasteiger charge is -2.13. The number of hydrogen-bond donors (Lipinski definition) is 1. The second kappa shape index (κ2) is 8.28. The van der Waals surface area contributed by atoms with E-state index in [9.17, 15) is 31.1 Å².